The van der Waals surface area contributed by atoms with E-state index >= 15 is 0 Å². The Balaban J connectivity index is 2.42. The Morgan fingerprint density at radius 1 is 1.56 bits per heavy atom. The van der Waals surface area contributed by atoms with Gasteiger partial charge in [0.25, 0.3) is 0 Å². The summed E-state index contributed by atoms with van der Waals surface area (Å²) < 4.78 is 1.94. The smallest absolute Gasteiger partial charge is 0.337 e. The van der Waals surface area contributed by atoms with E-state index in [1.165, 1.54) is 0 Å². The molecule has 1 aromatic heterocycles. The van der Waals surface area contributed by atoms with Crippen molar-refractivity contribution in [3.05, 3.63) is 30.1 Å². The van der Waals surface area contributed by atoms with Gasteiger partial charge >= 0.3 is 5.97 Å². The van der Waals surface area contributed by atoms with Crippen molar-refractivity contribution in [1.82, 2.24) is 9.55 Å². The van der Waals surface area contributed by atoms with E-state index in [1.807, 2.05) is 10.6 Å². The van der Waals surface area contributed by atoms with Crippen molar-refractivity contribution in [1.29, 1.82) is 0 Å². The number of imidazole rings is 1. The van der Waals surface area contributed by atoms with E-state index in [9.17, 15) is 9.90 Å². The summed E-state index contributed by atoms with van der Waals surface area (Å²) in [6.07, 6.45) is 3.80. The molecular formula is C13H16N2O2S. The number of rotatable bonds is 5. The van der Waals surface area contributed by atoms with Crippen LogP contribution in [0.5, 0.6) is 0 Å². The van der Waals surface area contributed by atoms with Crippen molar-refractivity contribution in [3.63, 3.8) is 0 Å². The number of hydrogen-bond acceptors (Lipinski definition) is 3. The number of nitrogens with zero attached hydrogens (tertiary/aromatic N) is 2. The zero-order valence-corrected chi connectivity index (χ0v) is 11.3. The Morgan fingerprint density at radius 3 is 3.00 bits per heavy atom. The fourth-order valence-electron chi connectivity index (χ4n) is 2.11. The maximum Gasteiger partial charge on any atom is 0.337 e. The molecular weight excluding hydrogens is 248 g/mol. The maximum absolute atomic E-state index is 11.2. The number of carbonyl (C=O) groups is 1. The highest BCUT2D eigenvalue weighted by molar-refractivity contribution is 7.98. The first-order valence-corrected chi connectivity index (χ1v) is 7.19. The molecule has 1 atom stereocenters. The molecule has 0 aliphatic rings. The number of hydrogen-bond donors (Lipinski definition) is 1. The highest BCUT2D eigenvalue weighted by atomic mass is 32.2. The van der Waals surface area contributed by atoms with Crippen LogP contribution in [0.3, 0.4) is 0 Å². The Hall–Kier alpha value is -1.49. The molecule has 0 saturated carbocycles. The summed E-state index contributed by atoms with van der Waals surface area (Å²) in [6.45, 7) is 2.95. The molecule has 1 aromatic carbocycles. The lowest BCUT2D eigenvalue weighted by molar-refractivity contribution is 0.0698. The SMILES string of the molecule is CSCC(C)Cn1cnc2cccc(C(=O)O)c21. The van der Waals surface area contributed by atoms with Crippen molar-refractivity contribution < 1.29 is 9.90 Å². The number of carboxylic acids is 1. The normalized spacial score (nSPS) is 12.8. The maximum atomic E-state index is 11.2. The number of benzene rings is 1. The number of fused-ring (bicyclic) bond motifs is 1. The molecule has 5 heteroatoms. The third kappa shape index (κ3) is 2.51. The molecule has 1 unspecified atom stereocenters. The van der Waals surface area contributed by atoms with Gasteiger partial charge in [-0.1, -0.05) is 13.0 Å². The van der Waals surface area contributed by atoms with E-state index in [1.54, 1.807) is 30.2 Å². The summed E-state index contributed by atoms with van der Waals surface area (Å²) in [5.41, 5.74) is 1.78. The second kappa shape index (κ2) is 5.44. The molecule has 0 amide bonds. The predicted octanol–water partition coefficient (Wildman–Crippen LogP) is 2.73. The molecule has 0 fully saturated rings. The summed E-state index contributed by atoms with van der Waals surface area (Å²) in [7, 11) is 0. The summed E-state index contributed by atoms with van der Waals surface area (Å²) in [5.74, 6) is 0.633. The Morgan fingerprint density at radius 2 is 2.33 bits per heavy atom. The fraction of sp³-hybridized carbons (Fsp3) is 0.385. The molecule has 0 spiro atoms. The van der Waals surface area contributed by atoms with Crippen LogP contribution in [0.4, 0.5) is 0 Å². The second-order valence-corrected chi connectivity index (χ2v) is 5.35. The van der Waals surface area contributed by atoms with E-state index < -0.39 is 5.97 Å². The minimum absolute atomic E-state index is 0.321. The average molecular weight is 264 g/mol. The van der Waals surface area contributed by atoms with E-state index in [0.29, 0.717) is 11.5 Å². The van der Waals surface area contributed by atoms with Crippen molar-refractivity contribution >= 4 is 28.8 Å². The first-order valence-electron chi connectivity index (χ1n) is 5.79. The molecule has 0 aliphatic carbocycles. The van der Waals surface area contributed by atoms with Gasteiger partial charge < -0.3 is 9.67 Å². The van der Waals surface area contributed by atoms with Crippen molar-refractivity contribution in [2.24, 2.45) is 5.92 Å². The molecule has 18 heavy (non-hydrogen) atoms. The van der Waals surface area contributed by atoms with Gasteiger partial charge in [0.2, 0.25) is 0 Å². The van der Waals surface area contributed by atoms with Crippen LogP contribution < -0.4 is 0 Å². The minimum atomic E-state index is -0.903. The Kier molecular flexibility index (Phi) is 3.91. The van der Waals surface area contributed by atoms with Crippen LogP contribution in [0.2, 0.25) is 0 Å². The van der Waals surface area contributed by atoms with Crippen molar-refractivity contribution in [3.8, 4) is 0 Å². The van der Waals surface area contributed by atoms with Crippen LogP contribution in [0, 0.1) is 5.92 Å². The van der Waals surface area contributed by atoms with E-state index in [2.05, 4.69) is 18.2 Å². The lowest BCUT2D eigenvalue weighted by atomic mass is 10.1. The third-order valence-corrected chi connectivity index (χ3v) is 3.73. The molecule has 96 valence electrons. The summed E-state index contributed by atoms with van der Waals surface area (Å²) >= 11 is 1.80. The van der Waals surface area contributed by atoms with Gasteiger partial charge in [0, 0.05) is 6.54 Å². The molecule has 0 radical (unpaired) electrons. The second-order valence-electron chi connectivity index (χ2n) is 4.44. The highest BCUT2D eigenvalue weighted by Gasteiger charge is 2.14. The number of thioether (sulfide) groups is 1. The molecule has 0 aliphatic heterocycles. The van der Waals surface area contributed by atoms with Gasteiger partial charge in [0.15, 0.2) is 0 Å². The zero-order chi connectivity index (χ0) is 13.1. The molecule has 0 bridgehead atoms. The third-order valence-electron chi connectivity index (χ3n) is 2.83. The standard InChI is InChI=1S/C13H16N2O2S/c1-9(7-18-2)6-15-8-14-11-5-3-4-10(12(11)15)13(16)17/h3-5,8-9H,6-7H2,1-2H3,(H,16,17). The van der Waals surface area contributed by atoms with Crippen LogP contribution >= 0.6 is 11.8 Å². The van der Waals surface area contributed by atoms with Crippen LogP contribution in [0.1, 0.15) is 17.3 Å². The number of aromatic carboxylic acids is 1. The lowest BCUT2D eigenvalue weighted by Crippen LogP contribution is -2.10. The van der Waals surface area contributed by atoms with Crippen LogP contribution in [0.25, 0.3) is 11.0 Å². The largest absolute Gasteiger partial charge is 0.478 e. The van der Waals surface area contributed by atoms with E-state index in [0.717, 1.165) is 23.3 Å². The summed E-state index contributed by atoms with van der Waals surface area (Å²) in [5, 5.41) is 9.22. The number of aromatic nitrogens is 2. The zero-order valence-electron chi connectivity index (χ0n) is 10.5. The fourth-order valence-corrected chi connectivity index (χ4v) is 2.79. The summed E-state index contributed by atoms with van der Waals surface area (Å²) in [6, 6.07) is 5.20. The first-order chi connectivity index (χ1) is 8.63. The molecule has 1 N–H and O–H groups in total. The quantitative estimate of drug-likeness (QED) is 0.902. The first kappa shape index (κ1) is 13.0. The van der Waals surface area contributed by atoms with Crippen molar-refractivity contribution in [2.45, 2.75) is 13.5 Å². The van der Waals surface area contributed by atoms with Crippen molar-refractivity contribution in [2.75, 3.05) is 12.0 Å². The monoisotopic (exact) mass is 264 g/mol. The average Bonchev–Trinajstić information content (AvgIpc) is 2.72. The van der Waals surface area contributed by atoms with Crippen LogP contribution in [-0.4, -0.2) is 32.6 Å². The molecule has 2 aromatic rings. The van der Waals surface area contributed by atoms with Crippen LogP contribution in [0.15, 0.2) is 24.5 Å². The van der Waals surface area contributed by atoms with E-state index in [-0.39, 0.29) is 0 Å². The van der Waals surface area contributed by atoms with Gasteiger partial charge in [-0.25, -0.2) is 9.78 Å². The number of para-hydroxylation sites is 1. The van der Waals surface area contributed by atoms with Crippen LogP contribution in [-0.2, 0) is 6.54 Å². The Bertz CT molecular complexity index is 565. The molecule has 0 saturated heterocycles. The van der Waals surface area contributed by atoms with Gasteiger partial charge in [-0.15, -0.1) is 0 Å². The van der Waals surface area contributed by atoms with Gasteiger partial charge in [0.05, 0.1) is 22.9 Å². The lowest BCUT2D eigenvalue weighted by Gasteiger charge is -2.12. The van der Waals surface area contributed by atoms with Gasteiger partial charge in [-0.05, 0) is 30.1 Å². The highest BCUT2D eigenvalue weighted by Crippen LogP contribution is 2.20. The number of carboxylic acid groups (broad SMARTS) is 1. The molecule has 1 heterocycles. The van der Waals surface area contributed by atoms with Gasteiger partial charge in [-0.3, -0.25) is 0 Å². The molecule has 2 rings (SSSR count). The van der Waals surface area contributed by atoms with Gasteiger partial charge in [0.1, 0.15) is 0 Å². The topological polar surface area (TPSA) is 55.1 Å². The predicted molar refractivity (Wildman–Crippen MR) is 74.2 cm³/mol. The summed E-state index contributed by atoms with van der Waals surface area (Å²) in [4.78, 5) is 15.5. The van der Waals surface area contributed by atoms with Gasteiger partial charge in [-0.2, -0.15) is 11.8 Å². The molecule has 4 nitrogen and oxygen atoms in total. The minimum Gasteiger partial charge on any atom is -0.478 e. The van der Waals surface area contributed by atoms with E-state index in [4.69, 9.17) is 0 Å². The Labute approximate surface area is 110 Å².